The van der Waals surface area contributed by atoms with Gasteiger partial charge in [0.2, 0.25) is 0 Å². The zero-order chi connectivity index (χ0) is 24.5. The minimum atomic E-state index is -0.506. The quantitative estimate of drug-likeness (QED) is 0.483. The lowest BCUT2D eigenvalue weighted by molar-refractivity contribution is -0.141. The summed E-state index contributed by atoms with van der Waals surface area (Å²) in [5, 5.41) is 18.9. The zero-order valence-electron chi connectivity index (χ0n) is 18.9. The van der Waals surface area contributed by atoms with Gasteiger partial charge in [0, 0.05) is 34.7 Å². The zero-order valence-corrected chi connectivity index (χ0v) is 18.9. The van der Waals surface area contributed by atoms with Gasteiger partial charge in [-0.3, -0.25) is 4.79 Å². The number of esters is 1. The molecule has 0 spiro atoms. The number of hydrogen-bond donors (Lipinski definition) is 1. The summed E-state index contributed by atoms with van der Waals surface area (Å²) in [6, 6.07) is 14.6. The summed E-state index contributed by atoms with van der Waals surface area (Å²) in [6.45, 7) is 0.389. The standard InChI is InChI=1S/C27H22FNO6/c1-32-26(31)11-16-14-33-25-12-18(2-4-19(16)25)35-24-8-5-20-23(9-6-21(28)27(20)24)34-17-3-7-22(30)15(10-17)13-29/h2-4,6-7,9-10,12,16,24,30H,5,8,11,14H2,1H3/t16?,24-/m1/s1. The number of hydrogen-bond acceptors (Lipinski definition) is 7. The van der Waals surface area contributed by atoms with Crippen molar-refractivity contribution in [3.8, 4) is 34.8 Å². The summed E-state index contributed by atoms with van der Waals surface area (Å²) in [4.78, 5) is 11.6. The van der Waals surface area contributed by atoms with Gasteiger partial charge in [-0.25, -0.2) is 4.39 Å². The van der Waals surface area contributed by atoms with E-state index in [0.29, 0.717) is 53.6 Å². The minimum Gasteiger partial charge on any atom is -0.507 e. The number of carbonyl (C=O) groups excluding carboxylic acids is 1. The number of phenolic OH excluding ortho intramolecular Hbond substituents is 1. The molecule has 0 amide bonds. The molecule has 0 saturated carbocycles. The normalized spacial score (nSPS) is 17.6. The molecule has 2 aliphatic rings. The van der Waals surface area contributed by atoms with Gasteiger partial charge in [-0.15, -0.1) is 0 Å². The number of halogens is 1. The van der Waals surface area contributed by atoms with E-state index in [4.69, 9.17) is 24.2 Å². The maximum atomic E-state index is 14.9. The van der Waals surface area contributed by atoms with Crippen molar-refractivity contribution >= 4 is 5.97 Å². The first-order chi connectivity index (χ1) is 17.0. The molecule has 7 nitrogen and oxygen atoms in total. The Morgan fingerprint density at radius 3 is 2.83 bits per heavy atom. The van der Waals surface area contributed by atoms with Crippen LogP contribution >= 0.6 is 0 Å². The van der Waals surface area contributed by atoms with Gasteiger partial charge in [0.25, 0.3) is 0 Å². The molecular formula is C27H22FNO6. The Bertz CT molecular complexity index is 1350. The molecule has 3 aromatic carbocycles. The van der Waals surface area contributed by atoms with Gasteiger partial charge in [0.05, 0.1) is 25.7 Å². The second-order valence-corrected chi connectivity index (χ2v) is 8.46. The lowest BCUT2D eigenvalue weighted by Gasteiger charge is -2.17. The van der Waals surface area contributed by atoms with E-state index in [1.54, 1.807) is 24.3 Å². The van der Waals surface area contributed by atoms with E-state index < -0.39 is 6.10 Å². The van der Waals surface area contributed by atoms with Crippen molar-refractivity contribution in [2.24, 2.45) is 0 Å². The number of aromatic hydroxyl groups is 1. The van der Waals surface area contributed by atoms with Gasteiger partial charge in [0.1, 0.15) is 46.7 Å². The number of fused-ring (bicyclic) bond motifs is 2. The molecule has 0 radical (unpaired) electrons. The Morgan fingerprint density at radius 2 is 2.03 bits per heavy atom. The first kappa shape index (κ1) is 22.5. The lowest BCUT2D eigenvalue weighted by Crippen LogP contribution is -2.09. The summed E-state index contributed by atoms with van der Waals surface area (Å²) in [7, 11) is 1.36. The Balaban J connectivity index is 1.36. The van der Waals surface area contributed by atoms with Gasteiger partial charge in [-0.05, 0) is 43.2 Å². The molecular weight excluding hydrogens is 453 g/mol. The maximum Gasteiger partial charge on any atom is 0.306 e. The summed E-state index contributed by atoms with van der Waals surface area (Å²) >= 11 is 0. The van der Waals surface area contributed by atoms with E-state index in [2.05, 4.69) is 0 Å². The Hall–Kier alpha value is -4.25. The van der Waals surface area contributed by atoms with Crippen molar-refractivity contribution in [3.05, 3.63) is 76.6 Å². The fourth-order valence-electron chi connectivity index (χ4n) is 4.60. The summed E-state index contributed by atoms with van der Waals surface area (Å²) in [5.41, 5.74) is 2.15. The molecule has 8 heteroatoms. The van der Waals surface area contributed by atoms with Crippen LogP contribution in [0.2, 0.25) is 0 Å². The van der Waals surface area contributed by atoms with Crippen LogP contribution in [0.1, 0.15) is 47.1 Å². The second kappa shape index (κ2) is 9.18. The second-order valence-electron chi connectivity index (χ2n) is 8.46. The lowest BCUT2D eigenvalue weighted by atomic mass is 9.98. The number of phenols is 1. The van der Waals surface area contributed by atoms with Crippen molar-refractivity contribution in [1.82, 2.24) is 0 Å². The monoisotopic (exact) mass is 475 g/mol. The van der Waals surface area contributed by atoms with Gasteiger partial charge in [-0.2, -0.15) is 5.26 Å². The van der Waals surface area contributed by atoms with Crippen LogP contribution in [0, 0.1) is 17.1 Å². The smallest absolute Gasteiger partial charge is 0.306 e. The third-order valence-corrected chi connectivity index (χ3v) is 6.34. The molecule has 0 aromatic heterocycles. The van der Waals surface area contributed by atoms with Crippen LogP contribution in [0.4, 0.5) is 4.39 Å². The fourth-order valence-corrected chi connectivity index (χ4v) is 4.60. The highest BCUT2D eigenvalue weighted by atomic mass is 19.1. The van der Waals surface area contributed by atoms with Crippen LogP contribution in [0.3, 0.4) is 0 Å². The van der Waals surface area contributed by atoms with E-state index >= 15 is 0 Å². The maximum absolute atomic E-state index is 14.9. The van der Waals surface area contributed by atoms with Crippen molar-refractivity contribution in [1.29, 1.82) is 5.26 Å². The van der Waals surface area contributed by atoms with Crippen molar-refractivity contribution in [3.63, 3.8) is 0 Å². The number of carbonyl (C=O) groups is 1. The topological polar surface area (TPSA) is 98.0 Å². The van der Waals surface area contributed by atoms with E-state index in [1.807, 2.05) is 12.1 Å². The average Bonchev–Trinajstić information content (AvgIpc) is 3.46. The van der Waals surface area contributed by atoms with Gasteiger partial charge < -0.3 is 24.1 Å². The predicted octanol–water partition coefficient (Wildman–Crippen LogP) is 5.30. The minimum absolute atomic E-state index is 0.0719. The van der Waals surface area contributed by atoms with Crippen LogP contribution in [0.5, 0.6) is 28.7 Å². The Morgan fingerprint density at radius 1 is 1.20 bits per heavy atom. The highest BCUT2D eigenvalue weighted by Crippen LogP contribution is 2.44. The number of nitriles is 1. The predicted molar refractivity (Wildman–Crippen MR) is 122 cm³/mol. The molecule has 0 fully saturated rings. The first-order valence-electron chi connectivity index (χ1n) is 11.2. The van der Waals surface area contributed by atoms with Crippen LogP contribution in [-0.2, 0) is 16.0 Å². The number of benzene rings is 3. The molecule has 0 bridgehead atoms. The van der Waals surface area contributed by atoms with Gasteiger partial charge in [-0.1, -0.05) is 6.07 Å². The van der Waals surface area contributed by atoms with E-state index in [0.717, 1.165) is 5.56 Å². The van der Waals surface area contributed by atoms with Crippen LogP contribution in [0.15, 0.2) is 48.5 Å². The molecule has 2 atom stereocenters. The first-order valence-corrected chi connectivity index (χ1v) is 11.2. The molecule has 1 heterocycles. The largest absolute Gasteiger partial charge is 0.507 e. The summed E-state index contributed by atoms with van der Waals surface area (Å²) in [6.07, 6.45) is 0.853. The number of rotatable bonds is 6. The third-order valence-electron chi connectivity index (χ3n) is 6.34. The van der Waals surface area contributed by atoms with E-state index in [-0.39, 0.29) is 35.4 Å². The average molecular weight is 475 g/mol. The van der Waals surface area contributed by atoms with Gasteiger partial charge >= 0.3 is 5.97 Å². The number of nitrogens with zero attached hydrogens (tertiary/aromatic N) is 1. The highest BCUT2D eigenvalue weighted by Gasteiger charge is 2.32. The summed E-state index contributed by atoms with van der Waals surface area (Å²) in [5.74, 6) is 1.16. The molecule has 1 aliphatic heterocycles. The van der Waals surface area contributed by atoms with Gasteiger partial charge in [0.15, 0.2) is 0 Å². The molecule has 1 unspecified atom stereocenters. The van der Waals surface area contributed by atoms with Crippen molar-refractivity contribution in [2.45, 2.75) is 31.3 Å². The molecule has 1 aliphatic carbocycles. The van der Waals surface area contributed by atoms with Crippen molar-refractivity contribution in [2.75, 3.05) is 13.7 Å². The van der Waals surface area contributed by atoms with E-state index in [9.17, 15) is 14.3 Å². The highest BCUT2D eigenvalue weighted by molar-refractivity contribution is 5.71. The number of methoxy groups -OCH3 is 1. The van der Waals surface area contributed by atoms with Crippen molar-refractivity contribution < 1.29 is 33.2 Å². The molecule has 178 valence electrons. The van der Waals surface area contributed by atoms with Crippen LogP contribution in [-0.4, -0.2) is 24.8 Å². The summed E-state index contributed by atoms with van der Waals surface area (Å²) < 4.78 is 37.5. The SMILES string of the molecule is COC(=O)CC1COc2cc(O[C@@H]3CCc4c(Oc5ccc(O)c(C#N)c5)ccc(F)c43)ccc21. The molecule has 1 N–H and O–H groups in total. The van der Waals surface area contributed by atoms with E-state index in [1.165, 1.54) is 25.3 Å². The Kier molecular flexibility index (Phi) is 5.91. The molecule has 3 aromatic rings. The van der Waals surface area contributed by atoms with Crippen LogP contribution in [0.25, 0.3) is 0 Å². The third kappa shape index (κ3) is 4.33. The Labute approximate surface area is 201 Å². The molecule has 35 heavy (non-hydrogen) atoms. The molecule has 0 saturated heterocycles. The number of ether oxygens (including phenoxy) is 4. The fraction of sp³-hybridized carbons (Fsp3) is 0.259. The van der Waals surface area contributed by atoms with Crippen LogP contribution < -0.4 is 14.2 Å². The molecule has 5 rings (SSSR count).